The predicted molar refractivity (Wildman–Crippen MR) is 91.5 cm³/mol. The number of carboxylic acid groups (broad SMARTS) is 1. The van der Waals surface area contributed by atoms with E-state index in [2.05, 4.69) is 24.1 Å². The van der Waals surface area contributed by atoms with Crippen LogP contribution in [0.25, 0.3) is 0 Å². The van der Waals surface area contributed by atoms with Crippen LogP contribution in [0.2, 0.25) is 0 Å². The van der Waals surface area contributed by atoms with Gasteiger partial charge in [-0.1, -0.05) is 27.7 Å². The van der Waals surface area contributed by atoms with E-state index in [4.69, 9.17) is 0 Å². The van der Waals surface area contributed by atoms with E-state index < -0.39 is 11.4 Å². The molecule has 1 saturated heterocycles. The number of hydrogen-bond donors (Lipinski definition) is 2. The van der Waals surface area contributed by atoms with Gasteiger partial charge in [-0.2, -0.15) is 0 Å². The first-order valence-electron chi connectivity index (χ1n) is 8.45. The standard InChI is InChI=1S/C18H27N3O3/c1-5-18(6-2,15(22)23)11-20-16(24)21-12-17(3,4)14(21)13-7-9-19-10-8-13/h7-10,14H,5-6,11-12H2,1-4H3,(H,20,24)(H,22,23). The van der Waals surface area contributed by atoms with Crippen molar-refractivity contribution < 1.29 is 14.7 Å². The molecule has 1 aromatic rings. The molecule has 1 aliphatic rings. The highest BCUT2D eigenvalue weighted by molar-refractivity contribution is 5.79. The smallest absolute Gasteiger partial charge is 0.317 e. The summed E-state index contributed by atoms with van der Waals surface area (Å²) in [5.74, 6) is -0.859. The highest BCUT2D eigenvalue weighted by atomic mass is 16.4. The van der Waals surface area contributed by atoms with Gasteiger partial charge in [0.25, 0.3) is 0 Å². The van der Waals surface area contributed by atoms with Crippen LogP contribution >= 0.6 is 0 Å². The quantitative estimate of drug-likeness (QED) is 0.838. The van der Waals surface area contributed by atoms with Gasteiger partial charge >= 0.3 is 12.0 Å². The zero-order valence-electron chi connectivity index (χ0n) is 14.9. The van der Waals surface area contributed by atoms with Gasteiger partial charge in [-0.3, -0.25) is 9.78 Å². The number of pyridine rings is 1. The van der Waals surface area contributed by atoms with Gasteiger partial charge in [0.05, 0.1) is 11.5 Å². The van der Waals surface area contributed by atoms with Crippen molar-refractivity contribution in [1.29, 1.82) is 0 Å². The number of likely N-dealkylation sites (tertiary alicyclic amines) is 1. The Hall–Kier alpha value is -2.11. The van der Waals surface area contributed by atoms with Crippen molar-refractivity contribution in [3.8, 4) is 0 Å². The average molecular weight is 333 g/mol. The third kappa shape index (κ3) is 3.23. The van der Waals surface area contributed by atoms with Crippen LogP contribution < -0.4 is 5.32 Å². The van der Waals surface area contributed by atoms with Gasteiger partial charge in [-0.05, 0) is 30.5 Å². The zero-order valence-corrected chi connectivity index (χ0v) is 14.9. The molecule has 0 bridgehead atoms. The molecule has 2 heterocycles. The zero-order chi connectivity index (χ0) is 18.0. The Labute approximate surface area is 143 Å². The van der Waals surface area contributed by atoms with E-state index in [-0.39, 0.29) is 24.0 Å². The van der Waals surface area contributed by atoms with Crippen molar-refractivity contribution >= 4 is 12.0 Å². The number of carbonyl (C=O) groups is 2. The molecular weight excluding hydrogens is 306 g/mol. The Morgan fingerprint density at radius 3 is 2.38 bits per heavy atom. The first kappa shape index (κ1) is 18.2. The van der Waals surface area contributed by atoms with Gasteiger partial charge in [0.2, 0.25) is 0 Å². The predicted octanol–water partition coefficient (Wildman–Crippen LogP) is 3.07. The molecule has 24 heavy (non-hydrogen) atoms. The number of aromatic nitrogens is 1. The summed E-state index contributed by atoms with van der Waals surface area (Å²) in [7, 11) is 0. The summed E-state index contributed by atoms with van der Waals surface area (Å²) < 4.78 is 0. The van der Waals surface area contributed by atoms with Crippen molar-refractivity contribution in [3.05, 3.63) is 30.1 Å². The Kier molecular flexibility index (Phi) is 5.16. The van der Waals surface area contributed by atoms with Crippen LogP contribution in [-0.2, 0) is 4.79 Å². The second kappa shape index (κ2) is 6.79. The number of urea groups is 1. The van der Waals surface area contributed by atoms with Gasteiger partial charge in [0, 0.05) is 30.9 Å². The number of hydrogen-bond acceptors (Lipinski definition) is 3. The molecule has 2 amide bonds. The molecule has 132 valence electrons. The molecule has 6 nitrogen and oxygen atoms in total. The van der Waals surface area contributed by atoms with Crippen LogP contribution in [0.1, 0.15) is 52.1 Å². The van der Waals surface area contributed by atoms with Gasteiger partial charge in [0.15, 0.2) is 0 Å². The fourth-order valence-electron chi connectivity index (χ4n) is 3.52. The number of rotatable bonds is 6. The topological polar surface area (TPSA) is 82.5 Å². The largest absolute Gasteiger partial charge is 0.481 e. The summed E-state index contributed by atoms with van der Waals surface area (Å²) >= 11 is 0. The Morgan fingerprint density at radius 1 is 1.33 bits per heavy atom. The summed E-state index contributed by atoms with van der Waals surface area (Å²) in [6.07, 6.45) is 4.42. The van der Waals surface area contributed by atoms with Crippen molar-refractivity contribution in [1.82, 2.24) is 15.2 Å². The van der Waals surface area contributed by atoms with Crippen molar-refractivity contribution in [2.24, 2.45) is 10.8 Å². The molecule has 1 aromatic heterocycles. The number of carboxylic acids is 1. The van der Waals surface area contributed by atoms with Crippen LogP contribution in [0, 0.1) is 10.8 Å². The van der Waals surface area contributed by atoms with Gasteiger partial charge in [-0.25, -0.2) is 4.79 Å². The fourth-order valence-corrected chi connectivity index (χ4v) is 3.52. The number of nitrogens with zero attached hydrogens (tertiary/aromatic N) is 2. The highest BCUT2D eigenvalue weighted by Crippen LogP contribution is 2.48. The minimum atomic E-state index is -0.901. The number of amides is 2. The summed E-state index contributed by atoms with van der Waals surface area (Å²) in [6, 6.07) is 3.61. The lowest BCUT2D eigenvalue weighted by Crippen LogP contribution is -2.61. The fraction of sp³-hybridized carbons (Fsp3) is 0.611. The average Bonchev–Trinajstić information content (AvgIpc) is 2.54. The maximum Gasteiger partial charge on any atom is 0.317 e. The molecule has 0 saturated carbocycles. The monoisotopic (exact) mass is 333 g/mol. The van der Waals surface area contributed by atoms with E-state index in [0.29, 0.717) is 19.4 Å². The maximum absolute atomic E-state index is 12.6. The van der Waals surface area contributed by atoms with Crippen LogP contribution in [0.15, 0.2) is 24.5 Å². The molecule has 2 rings (SSSR count). The molecular formula is C18H27N3O3. The van der Waals surface area contributed by atoms with Gasteiger partial charge < -0.3 is 15.3 Å². The van der Waals surface area contributed by atoms with Crippen LogP contribution in [0.5, 0.6) is 0 Å². The SMILES string of the molecule is CCC(CC)(CNC(=O)N1CC(C)(C)C1c1ccncc1)C(=O)O. The molecule has 1 unspecified atom stereocenters. The summed E-state index contributed by atoms with van der Waals surface area (Å²) in [6.45, 7) is 8.73. The second-order valence-electron chi connectivity index (χ2n) is 7.25. The van der Waals surface area contributed by atoms with Crippen LogP contribution in [-0.4, -0.2) is 40.1 Å². The molecule has 2 N–H and O–H groups in total. The molecule has 0 spiro atoms. The first-order valence-corrected chi connectivity index (χ1v) is 8.45. The van der Waals surface area contributed by atoms with Crippen molar-refractivity contribution in [2.45, 2.75) is 46.6 Å². The molecule has 1 aliphatic heterocycles. The van der Waals surface area contributed by atoms with Crippen molar-refractivity contribution in [3.63, 3.8) is 0 Å². The van der Waals surface area contributed by atoms with E-state index in [9.17, 15) is 14.7 Å². The van der Waals surface area contributed by atoms with E-state index in [0.717, 1.165) is 5.56 Å². The van der Waals surface area contributed by atoms with Gasteiger partial charge in [0.1, 0.15) is 0 Å². The summed E-state index contributed by atoms with van der Waals surface area (Å²) in [5, 5.41) is 12.3. The molecule has 1 atom stereocenters. The van der Waals surface area contributed by atoms with E-state index in [1.54, 1.807) is 17.3 Å². The van der Waals surface area contributed by atoms with Crippen LogP contribution in [0.4, 0.5) is 4.79 Å². The minimum Gasteiger partial charge on any atom is -0.481 e. The normalized spacial score (nSPS) is 19.5. The number of carbonyl (C=O) groups excluding carboxylic acids is 1. The highest BCUT2D eigenvalue weighted by Gasteiger charge is 2.49. The first-order chi connectivity index (χ1) is 11.3. The number of nitrogens with one attached hydrogen (secondary N) is 1. The van der Waals surface area contributed by atoms with E-state index >= 15 is 0 Å². The van der Waals surface area contributed by atoms with Gasteiger partial charge in [-0.15, -0.1) is 0 Å². The third-order valence-corrected chi connectivity index (χ3v) is 5.30. The summed E-state index contributed by atoms with van der Waals surface area (Å²) in [4.78, 5) is 30.0. The third-order valence-electron chi connectivity index (χ3n) is 5.30. The molecule has 0 aliphatic carbocycles. The summed E-state index contributed by atoms with van der Waals surface area (Å²) in [5.41, 5.74) is 0.132. The van der Waals surface area contributed by atoms with Crippen molar-refractivity contribution in [2.75, 3.05) is 13.1 Å². The molecule has 0 radical (unpaired) electrons. The molecule has 0 aromatic carbocycles. The minimum absolute atomic E-state index is 0.0158. The lowest BCUT2D eigenvalue weighted by molar-refractivity contribution is -0.149. The van der Waals surface area contributed by atoms with Crippen LogP contribution in [0.3, 0.4) is 0 Å². The second-order valence-corrected chi connectivity index (χ2v) is 7.25. The maximum atomic E-state index is 12.6. The lowest BCUT2D eigenvalue weighted by Gasteiger charge is -2.54. The molecule has 6 heteroatoms. The number of aliphatic carboxylic acids is 1. The Bertz CT molecular complexity index is 597. The van der Waals surface area contributed by atoms with E-state index in [1.165, 1.54) is 0 Å². The Morgan fingerprint density at radius 2 is 1.92 bits per heavy atom. The van der Waals surface area contributed by atoms with E-state index in [1.807, 2.05) is 26.0 Å². The lowest BCUT2D eigenvalue weighted by atomic mass is 9.72. The Balaban J connectivity index is 2.09. The molecule has 1 fully saturated rings.